The highest BCUT2D eigenvalue weighted by Gasteiger charge is 2.53. The second-order valence-corrected chi connectivity index (χ2v) is 11.6. The van der Waals surface area contributed by atoms with Crippen LogP contribution in [0.1, 0.15) is 73.6 Å². The average Bonchev–Trinajstić information content (AvgIpc) is 3.08. The zero-order valence-corrected chi connectivity index (χ0v) is 21.9. The minimum absolute atomic E-state index is 0.0375. The predicted octanol–water partition coefficient (Wildman–Crippen LogP) is 5.72. The van der Waals surface area contributed by atoms with Crippen molar-refractivity contribution in [3.05, 3.63) is 12.2 Å². The first-order chi connectivity index (χ1) is 15.0. The Morgan fingerprint density at radius 3 is 2.44 bits per heavy atom. The van der Waals surface area contributed by atoms with Gasteiger partial charge in [0.25, 0.3) is 0 Å². The zero-order valence-electron chi connectivity index (χ0n) is 21.0. The molecule has 6 atom stereocenters. The molecule has 1 N–H and O–H groups in total. The van der Waals surface area contributed by atoms with E-state index in [1.807, 2.05) is 26.0 Å². The Labute approximate surface area is 194 Å². The molecule has 2 fully saturated rings. The SMILES string of the molecule is CCOP(=O)(OCC)O[C@@H](/C=C/C(C)(C)OCOC)[C@@H](C)[C@H]1CC[C@H]2[C@@H](O)CCC[C@]12C. The zero-order chi connectivity index (χ0) is 24.0. The van der Waals surface area contributed by atoms with E-state index in [1.165, 1.54) is 0 Å². The van der Waals surface area contributed by atoms with Gasteiger partial charge >= 0.3 is 7.82 Å². The topological polar surface area (TPSA) is 83.5 Å². The largest absolute Gasteiger partial charge is 0.475 e. The molecule has 188 valence electrons. The first-order valence-electron chi connectivity index (χ1n) is 12.1. The lowest BCUT2D eigenvalue weighted by Gasteiger charge is -2.46. The number of fused-ring (bicyclic) bond motifs is 1. The van der Waals surface area contributed by atoms with Crippen LogP contribution in [-0.4, -0.2) is 50.0 Å². The fourth-order valence-electron chi connectivity index (χ4n) is 5.74. The van der Waals surface area contributed by atoms with Crippen LogP contribution in [0.4, 0.5) is 0 Å². The number of aliphatic hydroxyl groups excluding tert-OH is 1. The number of ether oxygens (including phenoxy) is 2. The fourth-order valence-corrected chi connectivity index (χ4v) is 7.13. The lowest BCUT2D eigenvalue weighted by molar-refractivity contribution is -0.0924. The van der Waals surface area contributed by atoms with Crippen LogP contribution in [0.15, 0.2) is 12.2 Å². The molecule has 0 aromatic carbocycles. The lowest BCUT2D eigenvalue weighted by Crippen LogP contribution is -2.43. The highest BCUT2D eigenvalue weighted by Crippen LogP contribution is 2.60. The second kappa shape index (κ2) is 11.9. The molecule has 2 saturated carbocycles. The van der Waals surface area contributed by atoms with Crippen LogP contribution in [0, 0.1) is 23.2 Å². The normalized spacial score (nSPS) is 31.1. The monoisotopic (exact) mass is 476 g/mol. The van der Waals surface area contributed by atoms with Gasteiger partial charge < -0.3 is 14.6 Å². The third-order valence-electron chi connectivity index (χ3n) is 7.38. The molecule has 0 aromatic heterocycles. The van der Waals surface area contributed by atoms with E-state index < -0.39 is 19.5 Å². The first kappa shape index (κ1) is 28.0. The van der Waals surface area contributed by atoms with Crippen LogP contribution in [0.5, 0.6) is 0 Å². The standard InChI is InChI=1S/C24H45O7P/c1-8-29-32(26,30-9-2)31-22(14-16-23(4,5)28-17-27-7)18(3)19-12-13-20-21(25)11-10-15-24(19,20)6/h14,16,18-22,25H,8-13,15,17H2,1-7H3/b16-14+/t18-,19+,20-,21-,22-,24+/m0/s1. The van der Waals surface area contributed by atoms with E-state index >= 15 is 0 Å². The van der Waals surface area contributed by atoms with Gasteiger partial charge in [0, 0.05) is 7.11 Å². The Morgan fingerprint density at radius 2 is 1.84 bits per heavy atom. The van der Waals surface area contributed by atoms with E-state index in [9.17, 15) is 9.67 Å². The van der Waals surface area contributed by atoms with Gasteiger partial charge in [-0.05, 0) is 76.5 Å². The van der Waals surface area contributed by atoms with Crippen molar-refractivity contribution in [1.29, 1.82) is 0 Å². The minimum atomic E-state index is -3.71. The van der Waals surface area contributed by atoms with E-state index in [0.717, 1.165) is 32.1 Å². The second-order valence-electron chi connectivity index (χ2n) is 9.98. The summed E-state index contributed by atoms with van der Waals surface area (Å²) >= 11 is 0. The van der Waals surface area contributed by atoms with E-state index in [2.05, 4.69) is 13.8 Å². The molecule has 32 heavy (non-hydrogen) atoms. The van der Waals surface area contributed by atoms with Gasteiger partial charge in [-0.1, -0.05) is 32.4 Å². The quantitative estimate of drug-likeness (QED) is 0.207. The molecule has 2 aliphatic carbocycles. The van der Waals surface area contributed by atoms with Crippen LogP contribution in [0.25, 0.3) is 0 Å². The molecule has 0 saturated heterocycles. The molecule has 7 nitrogen and oxygen atoms in total. The molecule has 0 aliphatic heterocycles. The Kier molecular flexibility index (Phi) is 10.4. The van der Waals surface area contributed by atoms with Gasteiger partial charge in [0.2, 0.25) is 0 Å². The third-order valence-corrected chi connectivity index (χ3v) is 9.03. The molecule has 0 heterocycles. The van der Waals surface area contributed by atoms with Crippen LogP contribution >= 0.6 is 7.82 Å². The number of hydrogen-bond acceptors (Lipinski definition) is 7. The van der Waals surface area contributed by atoms with E-state index in [-0.39, 0.29) is 37.4 Å². The molecule has 0 unspecified atom stereocenters. The molecular weight excluding hydrogens is 431 g/mol. The van der Waals surface area contributed by atoms with Crippen molar-refractivity contribution in [1.82, 2.24) is 0 Å². The van der Waals surface area contributed by atoms with Crippen LogP contribution < -0.4 is 0 Å². The van der Waals surface area contributed by atoms with Crippen molar-refractivity contribution >= 4 is 7.82 Å². The van der Waals surface area contributed by atoms with Gasteiger partial charge in [0.15, 0.2) is 0 Å². The van der Waals surface area contributed by atoms with E-state index in [4.69, 9.17) is 23.0 Å². The summed E-state index contributed by atoms with van der Waals surface area (Å²) in [6.07, 6.45) is 8.19. The summed E-state index contributed by atoms with van der Waals surface area (Å²) in [4.78, 5) is 0. The average molecular weight is 477 g/mol. The highest BCUT2D eigenvalue weighted by atomic mass is 31.2. The summed E-state index contributed by atoms with van der Waals surface area (Å²) in [6.45, 7) is 12.5. The Hall–Kier alpha value is -0.270. The van der Waals surface area contributed by atoms with E-state index in [1.54, 1.807) is 21.0 Å². The smallest absolute Gasteiger partial charge is 0.393 e. The summed E-state index contributed by atoms with van der Waals surface area (Å²) in [7, 11) is -2.12. The summed E-state index contributed by atoms with van der Waals surface area (Å²) in [5.41, 5.74) is -0.544. The molecular formula is C24H45O7P. The van der Waals surface area contributed by atoms with Crippen LogP contribution in [-0.2, 0) is 27.6 Å². The fraction of sp³-hybridized carbons (Fsp3) is 0.917. The van der Waals surface area contributed by atoms with Crippen LogP contribution in [0.3, 0.4) is 0 Å². The van der Waals surface area contributed by atoms with Gasteiger partial charge in [0.05, 0.1) is 31.0 Å². The van der Waals surface area contributed by atoms with Gasteiger partial charge in [-0.3, -0.25) is 13.6 Å². The number of methoxy groups -OCH3 is 1. The van der Waals surface area contributed by atoms with Crippen molar-refractivity contribution in [2.45, 2.75) is 91.5 Å². The Bertz CT molecular complexity index is 642. The maximum absolute atomic E-state index is 13.3. The molecule has 2 rings (SSSR count). The van der Waals surface area contributed by atoms with Crippen molar-refractivity contribution in [3.8, 4) is 0 Å². The third kappa shape index (κ3) is 6.88. The molecule has 8 heteroatoms. The predicted molar refractivity (Wildman–Crippen MR) is 125 cm³/mol. The number of hydrogen-bond donors (Lipinski definition) is 1. The van der Waals surface area contributed by atoms with Crippen molar-refractivity contribution in [3.63, 3.8) is 0 Å². The number of phosphoric acid groups is 1. The maximum Gasteiger partial charge on any atom is 0.475 e. The lowest BCUT2D eigenvalue weighted by atomic mass is 9.61. The summed E-state index contributed by atoms with van der Waals surface area (Å²) in [5, 5.41) is 10.6. The highest BCUT2D eigenvalue weighted by molar-refractivity contribution is 7.48. The van der Waals surface area contributed by atoms with Gasteiger partial charge in [-0.2, -0.15) is 0 Å². The summed E-state index contributed by atoms with van der Waals surface area (Å²) in [5.74, 6) is 0.691. The first-order valence-corrected chi connectivity index (χ1v) is 13.6. The molecule has 0 amide bonds. The Morgan fingerprint density at radius 1 is 1.19 bits per heavy atom. The molecule has 0 aromatic rings. The van der Waals surface area contributed by atoms with Gasteiger partial charge in [-0.25, -0.2) is 4.57 Å². The van der Waals surface area contributed by atoms with Crippen molar-refractivity contribution in [2.24, 2.45) is 23.2 Å². The van der Waals surface area contributed by atoms with Gasteiger partial charge in [-0.15, -0.1) is 0 Å². The molecule has 0 radical (unpaired) electrons. The maximum atomic E-state index is 13.3. The van der Waals surface area contributed by atoms with Crippen molar-refractivity contribution in [2.75, 3.05) is 27.1 Å². The van der Waals surface area contributed by atoms with Gasteiger partial charge in [0.1, 0.15) is 6.79 Å². The number of phosphoric ester groups is 1. The molecule has 0 spiro atoms. The molecule has 0 bridgehead atoms. The van der Waals surface area contributed by atoms with Crippen LogP contribution in [0.2, 0.25) is 0 Å². The summed E-state index contributed by atoms with van der Waals surface area (Å²) < 4.78 is 41.1. The molecule has 2 aliphatic rings. The number of rotatable bonds is 13. The minimum Gasteiger partial charge on any atom is -0.393 e. The number of aliphatic hydroxyl groups is 1. The van der Waals surface area contributed by atoms with E-state index in [0.29, 0.717) is 11.8 Å². The summed E-state index contributed by atoms with van der Waals surface area (Å²) in [6, 6.07) is 0. The Balaban J connectivity index is 2.31. The van der Waals surface area contributed by atoms with Crippen molar-refractivity contribution < 1.29 is 32.7 Å².